The molecule has 4 nitrogen and oxygen atoms in total. The van der Waals surface area contributed by atoms with Crippen LogP contribution in [0.15, 0.2) is 0 Å². The van der Waals surface area contributed by atoms with Crippen molar-refractivity contribution in [1.82, 2.24) is 5.32 Å². The molecule has 0 spiro atoms. The molecule has 0 aliphatic rings. The molecule has 0 aromatic heterocycles. The zero-order chi connectivity index (χ0) is 12.3. The average Bonchev–Trinajstić information content (AvgIpc) is 2.01. The SMILES string of the molecule is CC(C)C(O)CNCC(C)(C)S(C)(=O)=O. The van der Waals surface area contributed by atoms with Gasteiger partial charge in [-0.2, -0.15) is 0 Å². The predicted molar refractivity (Wildman–Crippen MR) is 62.6 cm³/mol. The molecule has 0 heterocycles. The van der Waals surface area contributed by atoms with E-state index in [1.165, 1.54) is 6.26 Å². The summed E-state index contributed by atoms with van der Waals surface area (Å²) in [6.45, 7) is 7.99. The molecule has 0 rings (SSSR count). The largest absolute Gasteiger partial charge is 0.392 e. The highest BCUT2D eigenvalue weighted by Crippen LogP contribution is 2.13. The zero-order valence-corrected chi connectivity index (χ0v) is 11.1. The maximum Gasteiger partial charge on any atom is 0.153 e. The lowest BCUT2D eigenvalue weighted by Crippen LogP contribution is -2.44. The van der Waals surface area contributed by atoms with Crippen molar-refractivity contribution in [3.05, 3.63) is 0 Å². The van der Waals surface area contributed by atoms with E-state index >= 15 is 0 Å². The quantitative estimate of drug-likeness (QED) is 0.702. The first-order valence-corrected chi connectivity index (χ1v) is 7.05. The summed E-state index contributed by atoms with van der Waals surface area (Å²) in [6, 6.07) is 0. The lowest BCUT2D eigenvalue weighted by Gasteiger charge is -2.24. The first-order chi connectivity index (χ1) is 6.58. The summed E-state index contributed by atoms with van der Waals surface area (Å²) in [5.74, 6) is 0.179. The normalized spacial score (nSPS) is 15.7. The third-order valence-corrected chi connectivity index (χ3v) is 4.83. The van der Waals surface area contributed by atoms with Crippen molar-refractivity contribution in [1.29, 1.82) is 0 Å². The highest BCUT2D eigenvalue weighted by atomic mass is 32.2. The molecule has 0 saturated carbocycles. The van der Waals surface area contributed by atoms with Crippen molar-refractivity contribution < 1.29 is 13.5 Å². The Hall–Kier alpha value is -0.130. The second-order valence-corrected chi connectivity index (χ2v) is 7.62. The van der Waals surface area contributed by atoms with E-state index in [4.69, 9.17) is 0 Å². The van der Waals surface area contributed by atoms with Gasteiger partial charge in [-0.3, -0.25) is 0 Å². The molecule has 0 aliphatic heterocycles. The van der Waals surface area contributed by atoms with Crippen LogP contribution in [0, 0.1) is 5.92 Å². The molecular formula is C10H23NO3S. The Labute approximate surface area is 93.0 Å². The van der Waals surface area contributed by atoms with E-state index in [-0.39, 0.29) is 5.92 Å². The maximum atomic E-state index is 11.4. The second kappa shape index (κ2) is 5.27. The van der Waals surface area contributed by atoms with Gasteiger partial charge >= 0.3 is 0 Å². The molecule has 5 heteroatoms. The first kappa shape index (κ1) is 14.9. The second-order valence-electron chi connectivity index (χ2n) is 4.97. The van der Waals surface area contributed by atoms with E-state index in [2.05, 4.69) is 5.32 Å². The van der Waals surface area contributed by atoms with Crippen molar-refractivity contribution in [2.45, 2.75) is 38.5 Å². The number of sulfone groups is 1. The van der Waals surface area contributed by atoms with Gasteiger partial charge in [0, 0.05) is 19.3 Å². The van der Waals surface area contributed by atoms with Crippen molar-refractivity contribution >= 4 is 9.84 Å². The smallest absolute Gasteiger partial charge is 0.153 e. The van der Waals surface area contributed by atoms with Crippen LogP contribution in [0.1, 0.15) is 27.7 Å². The number of rotatable bonds is 6. The molecule has 0 aliphatic carbocycles. The fourth-order valence-electron chi connectivity index (χ4n) is 0.888. The highest BCUT2D eigenvalue weighted by molar-refractivity contribution is 7.92. The van der Waals surface area contributed by atoms with Gasteiger partial charge in [0.15, 0.2) is 9.84 Å². The minimum Gasteiger partial charge on any atom is -0.392 e. The fraction of sp³-hybridized carbons (Fsp3) is 1.00. The van der Waals surface area contributed by atoms with Gasteiger partial charge < -0.3 is 10.4 Å². The molecule has 92 valence electrons. The molecule has 2 N–H and O–H groups in total. The van der Waals surface area contributed by atoms with Crippen LogP contribution in [0.5, 0.6) is 0 Å². The van der Waals surface area contributed by atoms with Crippen LogP contribution in [-0.2, 0) is 9.84 Å². The van der Waals surface area contributed by atoms with Crippen LogP contribution >= 0.6 is 0 Å². The molecule has 1 unspecified atom stereocenters. The van der Waals surface area contributed by atoms with Gasteiger partial charge in [-0.05, 0) is 19.8 Å². The van der Waals surface area contributed by atoms with E-state index in [9.17, 15) is 13.5 Å². The van der Waals surface area contributed by atoms with Crippen LogP contribution < -0.4 is 5.32 Å². The Balaban J connectivity index is 4.08. The molecule has 0 aromatic carbocycles. The maximum absolute atomic E-state index is 11.4. The Bertz CT molecular complexity index is 283. The van der Waals surface area contributed by atoms with E-state index in [0.29, 0.717) is 13.1 Å². The molecule has 0 fully saturated rings. The van der Waals surface area contributed by atoms with Gasteiger partial charge in [0.1, 0.15) is 0 Å². The van der Waals surface area contributed by atoms with Crippen molar-refractivity contribution in [3.63, 3.8) is 0 Å². The molecule has 15 heavy (non-hydrogen) atoms. The van der Waals surface area contributed by atoms with E-state index in [1.54, 1.807) is 13.8 Å². The monoisotopic (exact) mass is 237 g/mol. The van der Waals surface area contributed by atoms with Gasteiger partial charge in [-0.1, -0.05) is 13.8 Å². The van der Waals surface area contributed by atoms with Gasteiger partial charge in [0.05, 0.1) is 10.9 Å². The minimum atomic E-state index is -3.06. The Morgan fingerprint density at radius 2 is 1.80 bits per heavy atom. The van der Waals surface area contributed by atoms with Crippen LogP contribution in [0.2, 0.25) is 0 Å². The Morgan fingerprint density at radius 1 is 1.33 bits per heavy atom. The Morgan fingerprint density at radius 3 is 2.13 bits per heavy atom. The van der Waals surface area contributed by atoms with Crippen molar-refractivity contribution in [3.8, 4) is 0 Å². The summed E-state index contributed by atoms with van der Waals surface area (Å²) in [5.41, 5.74) is 0. The lowest BCUT2D eigenvalue weighted by molar-refractivity contribution is 0.123. The number of nitrogens with one attached hydrogen (secondary N) is 1. The minimum absolute atomic E-state index is 0.179. The predicted octanol–water partition coefficient (Wildman–Crippen LogP) is 0.416. The Kier molecular flexibility index (Phi) is 5.23. The molecule has 0 aromatic rings. The number of aliphatic hydroxyl groups excluding tert-OH is 1. The number of hydrogen-bond donors (Lipinski definition) is 2. The first-order valence-electron chi connectivity index (χ1n) is 5.16. The van der Waals surface area contributed by atoms with E-state index < -0.39 is 20.7 Å². The van der Waals surface area contributed by atoms with Crippen molar-refractivity contribution in [2.24, 2.45) is 5.92 Å². The van der Waals surface area contributed by atoms with Gasteiger partial charge in [-0.15, -0.1) is 0 Å². The molecular weight excluding hydrogens is 214 g/mol. The van der Waals surface area contributed by atoms with E-state index in [0.717, 1.165) is 0 Å². The summed E-state index contributed by atoms with van der Waals surface area (Å²) in [7, 11) is -3.06. The van der Waals surface area contributed by atoms with Crippen LogP contribution in [0.25, 0.3) is 0 Å². The summed E-state index contributed by atoms with van der Waals surface area (Å²) >= 11 is 0. The lowest BCUT2D eigenvalue weighted by atomic mass is 10.1. The van der Waals surface area contributed by atoms with Gasteiger partial charge in [0.2, 0.25) is 0 Å². The fourth-order valence-corrected chi connectivity index (χ4v) is 1.25. The third kappa shape index (κ3) is 4.95. The van der Waals surface area contributed by atoms with Gasteiger partial charge in [0.25, 0.3) is 0 Å². The average molecular weight is 237 g/mol. The molecule has 0 bridgehead atoms. The summed E-state index contributed by atoms with van der Waals surface area (Å²) in [5, 5.41) is 12.5. The number of aliphatic hydroxyl groups is 1. The van der Waals surface area contributed by atoms with Crippen molar-refractivity contribution in [2.75, 3.05) is 19.3 Å². The van der Waals surface area contributed by atoms with Crippen LogP contribution in [-0.4, -0.2) is 43.7 Å². The summed E-state index contributed by atoms with van der Waals surface area (Å²) in [6.07, 6.45) is 0.799. The number of hydrogen-bond acceptors (Lipinski definition) is 4. The summed E-state index contributed by atoms with van der Waals surface area (Å²) < 4.78 is 21.9. The molecule has 1 atom stereocenters. The zero-order valence-electron chi connectivity index (χ0n) is 10.2. The topological polar surface area (TPSA) is 66.4 Å². The highest BCUT2D eigenvalue weighted by Gasteiger charge is 2.29. The van der Waals surface area contributed by atoms with Gasteiger partial charge in [-0.25, -0.2) is 8.42 Å². The van der Waals surface area contributed by atoms with Crippen LogP contribution in [0.4, 0.5) is 0 Å². The molecule has 0 saturated heterocycles. The molecule has 0 radical (unpaired) electrons. The molecule has 0 amide bonds. The third-order valence-electron chi connectivity index (χ3n) is 2.68. The summed E-state index contributed by atoms with van der Waals surface area (Å²) in [4.78, 5) is 0. The van der Waals surface area contributed by atoms with E-state index in [1.807, 2.05) is 13.8 Å². The van der Waals surface area contributed by atoms with Crippen LogP contribution in [0.3, 0.4) is 0 Å². The standard InChI is InChI=1S/C10H23NO3S/c1-8(2)9(12)6-11-7-10(3,4)15(5,13)14/h8-9,11-12H,6-7H2,1-5H3.